The zero-order valence-corrected chi connectivity index (χ0v) is 13.7. The second kappa shape index (κ2) is 7.43. The van der Waals surface area contributed by atoms with Gasteiger partial charge in [0.25, 0.3) is 0 Å². The Morgan fingerprint density at radius 3 is 2.39 bits per heavy atom. The van der Waals surface area contributed by atoms with Crippen LogP contribution >= 0.6 is 0 Å². The molecule has 0 radical (unpaired) electrons. The molecular weight excluding hydrogens is 321 g/mol. The molecule has 0 bridgehead atoms. The Kier molecular flexibility index (Phi) is 5.57. The highest BCUT2D eigenvalue weighted by Gasteiger charge is 2.14. The van der Waals surface area contributed by atoms with Crippen molar-refractivity contribution in [1.29, 1.82) is 0 Å². The van der Waals surface area contributed by atoms with E-state index in [9.17, 15) is 12.8 Å². The summed E-state index contributed by atoms with van der Waals surface area (Å²) >= 11 is 0. The first-order valence-electron chi connectivity index (χ1n) is 7.01. The Morgan fingerprint density at radius 2 is 1.83 bits per heavy atom. The molecule has 0 saturated heterocycles. The van der Waals surface area contributed by atoms with Crippen LogP contribution in [0, 0.1) is 5.82 Å². The van der Waals surface area contributed by atoms with E-state index in [-0.39, 0.29) is 17.2 Å². The summed E-state index contributed by atoms with van der Waals surface area (Å²) in [4.78, 5) is 0.120. The van der Waals surface area contributed by atoms with E-state index in [4.69, 9.17) is 9.47 Å². The van der Waals surface area contributed by atoms with Crippen LogP contribution in [0.1, 0.15) is 12.5 Å². The third-order valence-corrected chi connectivity index (χ3v) is 4.54. The minimum Gasteiger partial charge on any atom is -0.494 e. The van der Waals surface area contributed by atoms with Crippen molar-refractivity contribution in [3.05, 3.63) is 53.8 Å². The van der Waals surface area contributed by atoms with E-state index in [1.807, 2.05) is 6.92 Å². The van der Waals surface area contributed by atoms with Gasteiger partial charge in [-0.15, -0.1) is 0 Å². The second-order valence-electron chi connectivity index (χ2n) is 4.70. The molecule has 0 spiro atoms. The van der Waals surface area contributed by atoms with E-state index in [1.54, 1.807) is 18.2 Å². The second-order valence-corrected chi connectivity index (χ2v) is 6.46. The van der Waals surface area contributed by atoms with E-state index in [2.05, 4.69) is 4.72 Å². The van der Waals surface area contributed by atoms with Gasteiger partial charge in [-0.2, -0.15) is 0 Å². The highest BCUT2D eigenvalue weighted by Crippen LogP contribution is 2.19. The topological polar surface area (TPSA) is 64.6 Å². The van der Waals surface area contributed by atoms with Gasteiger partial charge in [-0.3, -0.25) is 0 Å². The largest absolute Gasteiger partial charge is 0.494 e. The van der Waals surface area contributed by atoms with Gasteiger partial charge in [0, 0.05) is 6.54 Å². The Hall–Kier alpha value is -2.12. The molecule has 0 fully saturated rings. The van der Waals surface area contributed by atoms with Crippen LogP contribution in [-0.4, -0.2) is 22.1 Å². The van der Waals surface area contributed by atoms with E-state index in [0.29, 0.717) is 17.9 Å². The number of benzene rings is 2. The van der Waals surface area contributed by atoms with Gasteiger partial charge in [-0.25, -0.2) is 17.5 Å². The Labute approximate surface area is 135 Å². The normalized spacial score (nSPS) is 11.3. The van der Waals surface area contributed by atoms with Gasteiger partial charge in [-0.05, 0) is 48.9 Å². The molecule has 0 aromatic heterocycles. The van der Waals surface area contributed by atoms with Gasteiger partial charge >= 0.3 is 0 Å². The molecule has 5 nitrogen and oxygen atoms in total. The van der Waals surface area contributed by atoms with Crippen molar-refractivity contribution in [3.63, 3.8) is 0 Å². The molecule has 0 aliphatic rings. The number of halogens is 1. The fourth-order valence-corrected chi connectivity index (χ4v) is 2.98. The maximum Gasteiger partial charge on any atom is 0.240 e. The van der Waals surface area contributed by atoms with Gasteiger partial charge in [0.1, 0.15) is 5.75 Å². The molecule has 23 heavy (non-hydrogen) atoms. The van der Waals surface area contributed by atoms with Gasteiger partial charge in [0.05, 0.1) is 18.6 Å². The Balaban J connectivity index is 2.07. The molecule has 2 rings (SSSR count). The number of ether oxygens (including phenoxy) is 2. The van der Waals surface area contributed by atoms with Gasteiger partial charge < -0.3 is 9.47 Å². The zero-order valence-electron chi connectivity index (χ0n) is 12.9. The van der Waals surface area contributed by atoms with Crippen molar-refractivity contribution in [3.8, 4) is 11.5 Å². The van der Waals surface area contributed by atoms with Crippen LogP contribution in [0.15, 0.2) is 47.4 Å². The van der Waals surface area contributed by atoms with Crippen LogP contribution in [0.4, 0.5) is 4.39 Å². The molecule has 0 saturated carbocycles. The summed E-state index contributed by atoms with van der Waals surface area (Å²) in [5.41, 5.74) is 0.498. The third-order valence-electron chi connectivity index (χ3n) is 3.13. The number of hydrogen-bond acceptors (Lipinski definition) is 4. The highest BCUT2D eigenvalue weighted by molar-refractivity contribution is 7.89. The molecular formula is C16H18FNO4S. The maximum absolute atomic E-state index is 13.6. The van der Waals surface area contributed by atoms with Gasteiger partial charge in [0.2, 0.25) is 10.0 Å². The standard InChI is InChI=1S/C16H18FNO4S/c1-3-22-13-5-7-14(8-6-13)23(19,20)18-11-12-4-9-16(21-2)15(17)10-12/h4-10,18H,3,11H2,1-2H3. The quantitative estimate of drug-likeness (QED) is 0.842. The minimum atomic E-state index is -3.68. The average Bonchev–Trinajstić information content (AvgIpc) is 2.54. The van der Waals surface area contributed by atoms with Crippen LogP contribution in [0.3, 0.4) is 0 Å². The number of sulfonamides is 1. The molecule has 0 atom stereocenters. The first-order chi connectivity index (χ1) is 11.0. The first kappa shape index (κ1) is 17.2. The van der Waals surface area contributed by atoms with E-state index >= 15 is 0 Å². The summed E-state index contributed by atoms with van der Waals surface area (Å²) in [5, 5.41) is 0. The van der Waals surface area contributed by atoms with Crippen molar-refractivity contribution in [2.45, 2.75) is 18.4 Å². The molecule has 0 aliphatic heterocycles. The lowest BCUT2D eigenvalue weighted by Gasteiger charge is -2.09. The number of nitrogens with one attached hydrogen (secondary N) is 1. The molecule has 7 heteroatoms. The maximum atomic E-state index is 13.6. The lowest BCUT2D eigenvalue weighted by atomic mass is 10.2. The van der Waals surface area contributed by atoms with Crippen LogP contribution < -0.4 is 14.2 Å². The fraction of sp³-hybridized carbons (Fsp3) is 0.250. The summed E-state index contributed by atoms with van der Waals surface area (Å²) < 4.78 is 50.5. The van der Waals surface area contributed by atoms with Crippen LogP contribution in [0.2, 0.25) is 0 Å². The molecule has 0 heterocycles. The first-order valence-corrected chi connectivity index (χ1v) is 8.49. The molecule has 124 valence electrons. The van der Waals surface area contributed by atoms with Crippen molar-refractivity contribution < 1.29 is 22.3 Å². The molecule has 1 N–H and O–H groups in total. The Morgan fingerprint density at radius 1 is 1.13 bits per heavy atom. The number of hydrogen-bond donors (Lipinski definition) is 1. The van der Waals surface area contributed by atoms with Crippen molar-refractivity contribution >= 4 is 10.0 Å². The number of methoxy groups -OCH3 is 1. The average molecular weight is 339 g/mol. The van der Waals surface area contributed by atoms with Gasteiger partial charge in [0.15, 0.2) is 11.6 Å². The lowest BCUT2D eigenvalue weighted by molar-refractivity contribution is 0.340. The smallest absolute Gasteiger partial charge is 0.240 e. The summed E-state index contributed by atoms with van der Waals surface area (Å²) in [6.07, 6.45) is 0. The van der Waals surface area contributed by atoms with Crippen LogP contribution in [0.5, 0.6) is 11.5 Å². The molecule has 2 aromatic rings. The lowest BCUT2D eigenvalue weighted by Crippen LogP contribution is -2.23. The number of rotatable bonds is 7. The summed E-state index contributed by atoms with van der Waals surface area (Å²) in [6, 6.07) is 10.4. The minimum absolute atomic E-state index is 0.0174. The molecule has 0 amide bonds. The van der Waals surface area contributed by atoms with Crippen molar-refractivity contribution in [1.82, 2.24) is 4.72 Å². The fourth-order valence-electron chi connectivity index (χ4n) is 1.96. The summed E-state index contributed by atoms with van der Waals surface area (Å²) in [5.74, 6) is 0.178. The third kappa shape index (κ3) is 4.43. The van der Waals surface area contributed by atoms with E-state index in [0.717, 1.165) is 0 Å². The molecule has 0 unspecified atom stereocenters. The predicted molar refractivity (Wildman–Crippen MR) is 84.6 cm³/mol. The monoisotopic (exact) mass is 339 g/mol. The summed E-state index contributed by atoms with van der Waals surface area (Å²) in [7, 11) is -2.31. The summed E-state index contributed by atoms with van der Waals surface area (Å²) in [6.45, 7) is 2.34. The molecule has 0 aliphatic carbocycles. The van der Waals surface area contributed by atoms with Gasteiger partial charge in [-0.1, -0.05) is 6.07 Å². The van der Waals surface area contributed by atoms with E-state index in [1.165, 1.54) is 31.4 Å². The zero-order chi connectivity index (χ0) is 16.9. The van der Waals surface area contributed by atoms with Crippen LogP contribution in [-0.2, 0) is 16.6 Å². The SMILES string of the molecule is CCOc1ccc(S(=O)(=O)NCc2ccc(OC)c(F)c2)cc1. The van der Waals surface area contributed by atoms with Crippen LogP contribution in [0.25, 0.3) is 0 Å². The van der Waals surface area contributed by atoms with E-state index < -0.39 is 15.8 Å². The Bertz CT molecular complexity index is 760. The molecule has 2 aromatic carbocycles. The van der Waals surface area contributed by atoms with Crippen molar-refractivity contribution in [2.24, 2.45) is 0 Å². The highest BCUT2D eigenvalue weighted by atomic mass is 32.2. The predicted octanol–water partition coefficient (Wildman–Crippen LogP) is 2.71. The van der Waals surface area contributed by atoms with Crippen molar-refractivity contribution in [2.75, 3.05) is 13.7 Å².